The van der Waals surface area contributed by atoms with Crippen LogP contribution < -0.4 is 0 Å². The number of hydrogen-bond acceptors (Lipinski definition) is 4. The molecule has 1 heterocycles. The summed E-state index contributed by atoms with van der Waals surface area (Å²) in [5, 5.41) is 0. The number of carbonyl (C=O) groups excluding carboxylic acids is 2. The Morgan fingerprint density at radius 3 is 2.57 bits per heavy atom. The van der Waals surface area contributed by atoms with Gasteiger partial charge in [-0.2, -0.15) is 0 Å². The fourth-order valence-electron chi connectivity index (χ4n) is 4.62. The van der Waals surface area contributed by atoms with Crippen LogP contribution in [0.25, 0.3) is 0 Å². The number of aliphatic imine (C=N–C) groups is 1. The van der Waals surface area contributed by atoms with Gasteiger partial charge < -0.3 is 4.74 Å². The number of ether oxygens (including phenoxy) is 1. The summed E-state index contributed by atoms with van der Waals surface area (Å²) in [7, 11) is 0. The minimum atomic E-state index is -0.994. The van der Waals surface area contributed by atoms with Crippen LogP contribution >= 0.6 is 0 Å². The minimum absolute atomic E-state index is 0.0779. The van der Waals surface area contributed by atoms with Gasteiger partial charge in [0.15, 0.2) is 17.4 Å². The number of Topliss-reactive ketones (excluding diaryl/α,β-unsaturated/α-hetero) is 1. The van der Waals surface area contributed by atoms with Crippen molar-refractivity contribution < 1.29 is 23.1 Å². The first-order valence-electron chi connectivity index (χ1n) is 9.92. The number of ketones is 1. The predicted molar refractivity (Wildman–Crippen MR) is 99.9 cm³/mol. The van der Waals surface area contributed by atoms with E-state index in [0.717, 1.165) is 37.8 Å². The second kappa shape index (κ2) is 7.57. The number of benzene rings is 1. The van der Waals surface area contributed by atoms with Crippen molar-refractivity contribution in [2.75, 3.05) is 0 Å². The summed E-state index contributed by atoms with van der Waals surface area (Å²) >= 11 is 0. The lowest BCUT2D eigenvalue weighted by atomic mass is 9.71. The molecule has 0 N–H and O–H groups in total. The number of nitrogens with zero attached hydrogens (tertiary/aromatic N) is 1. The van der Waals surface area contributed by atoms with E-state index in [4.69, 9.17) is 4.74 Å². The van der Waals surface area contributed by atoms with E-state index in [1.54, 1.807) is 6.92 Å². The molecule has 0 saturated heterocycles. The van der Waals surface area contributed by atoms with E-state index in [2.05, 4.69) is 4.99 Å². The lowest BCUT2D eigenvalue weighted by Gasteiger charge is -2.35. The molecule has 2 aliphatic carbocycles. The molecule has 28 heavy (non-hydrogen) atoms. The zero-order valence-electron chi connectivity index (χ0n) is 15.8. The number of carbonyl (C=O) groups is 2. The molecule has 0 aromatic heterocycles. The quantitative estimate of drug-likeness (QED) is 0.711. The van der Waals surface area contributed by atoms with Crippen LogP contribution in [0.1, 0.15) is 63.4 Å². The van der Waals surface area contributed by atoms with E-state index in [0.29, 0.717) is 41.8 Å². The van der Waals surface area contributed by atoms with Gasteiger partial charge in [-0.25, -0.2) is 8.78 Å². The van der Waals surface area contributed by atoms with Crippen molar-refractivity contribution in [3.63, 3.8) is 0 Å². The van der Waals surface area contributed by atoms with Crippen molar-refractivity contribution in [3.8, 4) is 0 Å². The highest BCUT2D eigenvalue weighted by molar-refractivity contribution is 6.08. The molecule has 0 bridgehead atoms. The Bertz CT molecular complexity index is 884. The number of esters is 1. The third-order valence-corrected chi connectivity index (χ3v) is 5.98. The van der Waals surface area contributed by atoms with Crippen LogP contribution in [0.3, 0.4) is 0 Å². The van der Waals surface area contributed by atoms with Crippen LogP contribution in [0.4, 0.5) is 8.78 Å². The van der Waals surface area contributed by atoms with Crippen LogP contribution in [0.15, 0.2) is 34.5 Å². The van der Waals surface area contributed by atoms with E-state index >= 15 is 0 Å². The molecular weight excluding hydrogens is 364 g/mol. The number of allylic oxidation sites excluding steroid dienone is 2. The molecule has 3 aliphatic rings. The highest BCUT2D eigenvalue weighted by Crippen LogP contribution is 2.44. The average molecular weight is 387 g/mol. The Hall–Kier alpha value is -2.37. The SMILES string of the molecule is CC1=NC2=C(C(=O)CCC2)[C@H](c2ccc(F)c(F)c2)C1C(=O)OC1CCCC1. The maximum absolute atomic E-state index is 14.0. The minimum Gasteiger partial charge on any atom is -0.462 e. The molecule has 4 nitrogen and oxygen atoms in total. The molecule has 148 valence electrons. The molecule has 4 rings (SSSR count). The fourth-order valence-corrected chi connectivity index (χ4v) is 4.62. The van der Waals surface area contributed by atoms with Crippen LogP contribution in [0.2, 0.25) is 0 Å². The van der Waals surface area contributed by atoms with Crippen molar-refractivity contribution in [2.24, 2.45) is 10.9 Å². The standard InChI is InChI=1S/C22H23F2NO3/c1-12-19(22(27)28-14-5-2-3-6-14)20(13-9-10-15(23)16(24)11-13)21-17(25-12)7-4-8-18(21)26/h9-11,14,19-20H,2-8H2,1H3/t19?,20-/m1/s1. The van der Waals surface area contributed by atoms with Gasteiger partial charge in [0.1, 0.15) is 12.0 Å². The van der Waals surface area contributed by atoms with Crippen molar-refractivity contribution in [3.05, 3.63) is 46.7 Å². The van der Waals surface area contributed by atoms with Gasteiger partial charge in [-0.1, -0.05) is 6.07 Å². The second-order valence-corrected chi connectivity index (χ2v) is 7.86. The summed E-state index contributed by atoms with van der Waals surface area (Å²) in [6.07, 6.45) is 5.31. The monoisotopic (exact) mass is 387 g/mol. The average Bonchev–Trinajstić information content (AvgIpc) is 3.16. The Labute approximate surface area is 162 Å². The molecule has 1 aliphatic heterocycles. The first-order valence-corrected chi connectivity index (χ1v) is 9.92. The molecule has 2 atom stereocenters. The van der Waals surface area contributed by atoms with Gasteiger partial charge in [-0.15, -0.1) is 0 Å². The van der Waals surface area contributed by atoms with Gasteiger partial charge in [0.25, 0.3) is 0 Å². The van der Waals surface area contributed by atoms with E-state index in [-0.39, 0.29) is 11.9 Å². The van der Waals surface area contributed by atoms with E-state index in [9.17, 15) is 18.4 Å². The molecular formula is C22H23F2NO3. The van der Waals surface area contributed by atoms with Crippen LogP contribution in [0.5, 0.6) is 0 Å². The Morgan fingerprint density at radius 2 is 1.86 bits per heavy atom. The first kappa shape index (κ1) is 19.0. The number of rotatable bonds is 3. The fraction of sp³-hybridized carbons (Fsp3) is 0.500. The summed E-state index contributed by atoms with van der Waals surface area (Å²) in [5.41, 5.74) is 2.08. The Balaban J connectivity index is 1.77. The van der Waals surface area contributed by atoms with Crippen LogP contribution in [0, 0.1) is 17.6 Å². The van der Waals surface area contributed by atoms with E-state index < -0.39 is 29.4 Å². The lowest BCUT2D eigenvalue weighted by Crippen LogP contribution is -2.38. The van der Waals surface area contributed by atoms with Gasteiger partial charge in [0, 0.05) is 29.3 Å². The first-order chi connectivity index (χ1) is 13.5. The number of hydrogen-bond donors (Lipinski definition) is 0. The topological polar surface area (TPSA) is 55.7 Å². The van der Waals surface area contributed by atoms with Crippen molar-refractivity contribution in [2.45, 2.75) is 63.9 Å². The van der Waals surface area contributed by atoms with Crippen LogP contribution in [-0.4, -0.2) is 23.6 Å². The molecule has 0 amide bonds. The summed E-state index contributed by atoms with van der Waals surface area (Å²) in [6.45, 7) is 1.75. The highest BCUT2D eigenvalue weighted by Gasteiger charge is 2.44. The third kappa shape index (κ3) is 3.40. The van der Waals surface area contributed by atoms with Gasteiger partial charge >= 0.3 is 5.97 Å². The molecule has 1 fully saturated rings. The summed E-state index contributed by atoms with van der Waals surface area (Å²) in [6, 6.07) is 3.57. The molecule has 0 spiro atoms. The molecule has 1 aromatic carbocycles. The van der Waals surface area contributed by atoms with Gasteiger partial charge in [0.05, 0.1) is 0 Å². The Morgan fingerprint density at radius 1 is 1.11 bits per heavy atom. The summed E-state index contributed by atoms with van der Waals surface area (Å²) in [4.78, 5) is 30.4. The predicted octanol–water partition coefficient (Wildman–Crippen LogP) is 4.63. The maximum Gasteiger partial charge on any atom is 0.315 e. The molecule has 1 saturated carbocycles. The van der Waals surface area contributed by atoms with E-state index in [1.165, 1.54) is 6.07 Å². The zero-order chi connectivity index (χ0) is 19.8. The zero-order valence-corrected chi connectivity index (χ0v) is 15.8. The van der Waals surface area contributed by atoms with Crippen molar-refractivity contribution in [1.82, 2.24) is 0 Å². The normalized spacial score (nSPS) is 25.5. The largest absolute Gasteiger partial charge is 0.462 e. The van der Waals surface area contributed by atoms with Gasteiger partial charge in [-0.3, -0.25) is 14.6 Å². The van der Waals surface area contributed by atoms with Crippen LogP contribution in [-0.2, 0) is 14.3 Å². The second-order valence-electron chi connectivity index (χ2n) is 7.86. The van der Waals surface area contributed by atoms with Gasteiger partial charge in [0.2, 0.25) is 0 Å². The lowest BCUT2D eigenvalue weighted by molar-refractivity contribution is -0.151. The smallest absolute Gasteiger partial charge is 0.315 e. The number of halogens is 2. The van der Waals surface area contributed by atoms with Crippen molar-refractivity contribution in [1.29, 1.82) is 0 Å². The molecule has 1 aromatic rings. The van der Waals surface area contributed by atoms with E-state index in [1.807, 2.05) is 0 Å². The molecule has 0 radical (unpaired) electrons. The Kier molecular flexibility index (Phi) is 5.13. The highest BCUT2D eigenvalue weighted by atomic mass is 19.2. The van der Waals surface area contributed by atoms with Gasteiger partial charge in [-0.05, 0) is 63.1 Å². The molecule has 6 heteroatoms. The third-order valence-electron chi connectivity index (χ3n) is 5.98. The summed E-state index contributed by atoms with van der Waals surface area (Å²) in [5.74, 6) is -3.96. The summed E-state index contributed by atoms with van der Waals surface area (Å²) < 4.78 is 33.2. The molecule has 1 unspecified atom stereocenters. The van der Waals surface area contributed by atoms with Crippen molar-refractivity contribution >= 4 is 17.5 Å². The maximum atomic E-state index is 14.0.